The smallest absolute Gasteiger partial charge is 0.471 e. The molecule has 0 spiro atoms. The van der Waals surface area contributed by atoms with Crippen LogP contribution in [-0.2, 0) is 4.79 Å². The van der Waals surface area contributed by atoms with Gasteiger partial charge in [0.25, 0.3) is 0 Å². The summed E-state index contributed by atoms with van der Waals surface area (Å²) in [7, 11) is 1.47. The van der Waals surface area contributed by atoms with Crippen molar-refractivity contribution >= 4 is 28.5 Å². The number of carbonyl (C=O) groups is 1. The van der Waals surface area contributed by atoms with E-state index >= 15 is 0 Å². The Kier molecular flexibility index (Phi) is 5.45. The fraction of sp³-hybridized carbons (Fsp3) is 0.417. The Balaban J connectivity index is 3.00. The monoisotopic (exact) mass is 387 g/mol. The summed E-state index contributed by atoms with van der Waals surface area (Å²) in [5, 5.41) is 1.99. The van der Waals surface area contributed by atoms with E-state index in [1.807, 2.05) is 27.9 Å². The van der Waals surface area contributed by atoms with Gasteiger partial charge in [-0.05, 0) is 52.8 Å². The number of methoxy groups -OCH3 is 1. The quantitative estimate of drug-likeness (QED) is 0.805. The molecule has 1 atom stereocenters. The number of nitrogens with one attached hydrogen (secondary N) is 1. The topological polar surface area (TPSA) is 38.3 Å². The van der Waals surface area contributed by atoms with Crippen molar-refractivity contribution in [3.63, 3.8) is 0 Å². The second-order valence-electron chi connectivity index (χ2n) is 3.82. The van der Waals surface area contributed by atoms with Crippen molar-refractivity contribution in [2.45, 2.75) is 25.6 Å². The molecule has 0 bridgehead atoms. The third-order valence-corrected chi connectivity index (χ3v) is 3.53. The molecule has 1 amide bonds. The van der Waals surface area contributed by atoms with Gasteiger partial charge in [0.15, 0.2) is 0 Å². The van der Waals surface area contributed by atoms with Gasteiger partial charge in [-0.1, -0.05) is 6.92 Å². The third-order valence-electron chi connectivity index (χ3n) is 2.55. The number of rotatable bonds is 4. The van der Waals surface area contributed by atoms with Crippen molar-refractivity contribution in [3.8, 4) is 5.75 Å². The highest BCUT2D eigenvalue weighted by molar-refractivity contribution is 14.1. The fourth-order valence-corrected chi connectivity index (χ4v) is 2.27. The summed E-state index contributed by atoms with van der Waals surface area (Å²) in [5.41, 5.74) is 0.611. The van der Waals surface area contributed by atoms with Crippen molar-refractivity contribution in [2.75, 3.05) is 7.11 Å². The Bertz CT molecular complexity index is 463. The first kappa shape index (κ1) is 16.1. The number of ether oxygens (including phenoxy) is 1. The molecule has 0 heterocycles. The molecule has 0 radical (unpaired) electrons. The van der Waals surface area contributed by atoms with E-state index in [-0.39, 0.29) is 0 Å². The van der Waals surface area contributed by atoms with Gasteiger partial charge in [0.05, 0.1) is 13.2 Å². The molecule has 0 aliphatic rings. The average molecular weight is 387 g/mol. The minimum absolute atomic E-state index is 0.352. The van der Waals surface area contributed by atoms with Crippen molar-refractivity contribution in [1.29, 1.82) is 0 Å². The molecule has 0 saturated heterocycles. The lowest BCUT2D eigenvalue weighted by Crippen LogP contribution is -2.39. The first-order valence-electron chi connectivity index (χ1n) is 5.50. The molecule has 19 heavy (non-hydrogen) atoms. The summed E-state index contributed by atoms with van der Waals surface area (Å²) in [6.45, 7) is 1.71. The fourth-order valence-electron chi connectivity index (χ4n) is 1.56. The molecule has 7 heteroatoms. The first-order valence-corrected chi connectivity index (χ1v) is 6.58. The van der Waals surface area contributed by atoms with Crippen LogP contribution >= 0.6 is 22.6 Å². The molecule has 0 aliphatic heterocycles. The molecular weight excluding hydrogens is 374 g/mol. The molecule has 0 fully saturated rings. The highest BCUT2D eigenvalue weighted by Crippen LogP contribution is 2.28. The lowest BCUT2D eigenvalue weighted by atomic mass is 10.0. The Morgan fingerprint density at radius 1 is 1.47 bits per heavy atom. The molecule has 1 aromatic carbocycles. The van der Waals surface area contributed by atoms with Crippen LogP contribution in [0, 0.1) is 3.57 Å². The molecule has 0 aromatic heterocycles. The number of hydrogen-bond donors (Lipinski definition) is 1. The zero-order chi connectivity index (χ0) is 14.6. The highest BCUT2D eigenvalue weighted by atomic mass is 127. The molecular formula is C12H13F3INO2. The van der Waals surface area contributed by atoms with E-state index < -0.39 is 18.1 Å². The van der Waals surface area contributed by atoms with Crippen LogP contribution in [-0.4, -0.2) is 19.2 Å². The zero-order valence-corrected chi connectivity index (χ0v) is 12.5. The van der Waals surface area contributed by atoms with Crippen LogP contribution in [0.4, 0.5) is 13.2 Å². The van der Waals surface area contributed by atoms with Crippen LogP contribution in [0.2, 0.25) is 0 Å². The van der Waals surface area contributed by atoms with Gasteiger partial charge < -0.3 is 10.1 Å². The summed E-state index contributed by atoms with van der Waals surface area (Å²) in [5.74, 6) is -1.40. The van der Waals surface area contributed by atoms with E-state index in [1.54, 1.807) is 25.1 Å². The van der Waals surface area contributed by atoms with E-state index in [9.17, 15) is 18.0 Å². The average Bonchev–Trinajstić information content (AvgIpc) is 2.35. The number of alkyl halides is 3. The molecule has 106 valence electrons. The van der Waals surface area contributed by atoms with Crippen LogP contribution in [0.5, 0.6) is 5.75 Å². The SMILES string of the molecule is CCC(NC(=O)C(F)(F)F)c1cc(OC)ccc1I. The van der Waals surface area contributed by atoms with Gasteiger partial charge >= 0.3 is 12.1 Å². The summed E-state index contributed by atoms with van der Waals surface area (Å²) in [6.07, 6.45) is -4.53. The summed E-state index contributed by atoms with van der Waals surface area (Å²) >= 11 is 2.01. The first-order chi connectivity index (χ1) is 8.79. The Labute approximate surface area is 122 Å². The molecule has 1 unspecified atom stereocenters. The third kappa shape index (κ3) is 4.26. The standard InChI is InChI=1S/C12H13F3INO2/c1-3-10(17-11(18)12(13,14)15)8-6-7(19-2)4-5-9(8)16/h4-6,10H,3H2,1-2H3,(H,17,18). The minimum Gasteiger partial charge on any atom is -0.497 e. The second kappa shape index (κ2) is 6.44. The van der Waals surface area contributed by atoms with Crippen molar-refractivity contribution in [2.24, 2.45) is 0 Å². The number of halogens is 4. The molecule has 0 aliphatic carbocycles. The van der Waals surface area contributed by atoms with Crippen molar-refractivity contribution in [3.05, 3.63) is 27.3 Å². The highest BCUT2D eigenvalue weighted by Gasteiger charge is 2.39. The molecule has 1 rings (SSSR count). The van der Waals surface area contributed by atoms with E-state index in [2.05, 4.69) is 0 Å². The van der Waals surface area contributed by atoms with Gasteiger partial charge in [-0.15, -0.1) is 0 Å². The van der Waals surface area contributed by atoms with E-state index in [4.69, 9.17) is 4.74 Å². The number of carbonyl (C=O) groups excluding carboxylic acids is 1. The number of amides is 1. The van der Waals surface area contributed by atoms with Gasteiger partial charge in [0.2, 0.25) is 0 Å². The van der Waals surface area contributed by atoms with Gasteiger partial charge in [-0.2, -0.15) is 13.2 Å². The molecule has 1 N–H and O–H groups in total. The van der Waals surface area contributed by atoms with Gasteiger partial charge in [-0.25, -0.2) is 0 Å². The Morgan fingerprint density at radius 3 is 2.58 bits per heavy atom. The van der Waals surface area contributed by atoms with Gasteiger partial charge in [-0.3, -0.25) is 4.79 Å². The van der Waals surface area contributed by atoms with E-state index in [0.717, 1.165) is 3.57 Å². The van der Waals surface area contributed by atoms with Crippen LogP contribution in [0.3, 0.4) is 0 Å². The van der Waals surface area contributed by atoms with E-state index in [1.165, 1.54) is 7.11 Å². The maximum Gasteiger partial charge on any atom is 0.471 e. The zero-order valence-electron chi connectivity index (χ0n) is 10.3. The summed E-state index contributed by atoms with van der Waals surface area (Å²) in [6, 6.07) is 4.38. The van der Waals surface area contributed by atoms with Crippen LogP contribution < -0.4 is 10.1 Å². The normalized spacial score (nSPS) is 12.9. The van der Waals surface area contributed by atoms with Crippen LogP contribution in [0.1, 0.15) is 24.9 Å². The predicted molar refractivity (Wildman–Crippen MR) is 72.9 cm³/mol. The molecule has 0 saturated carbocycles. The maximum atomic E-state index is 12.3. The summed E-state index contributed by atoms with van der Waals surface area (Å²) < 4.78 is 42.6. The minimum atomic E-state index is -4.88. The predicted octanol–water partition coefficient (Wildman–Crippen LogP) is 3.43. The lowest BCUT2D eigenvalue weighted by molar-refractivity contribution is -0.174. The van der Waals surface area contributed by atoms with Crippen molar-refractivity contribution < 1.29 is 22.7 Å². The van der Waals surface area contributed by atoms with Crippen molar-refractivity contribution in [1.82, 2.24) is 5.32 Å². The van der Waals surface area contributed by atoms with E-state index in [0.29, 0.717) is 17.7 Å². The second-order valence-corrected chi connectivity index (χ2v) is 4.98. The lowest BCUT2D eigenvalue weighted by Gasteiger charge is -2.20. The van der Waals surface area contributed by atoms with Gasteiger partial charge in [0.1, 0.15) is 5.75 Å². The van der Waals surface area contributed by atoms with Gasteiger partial charge in [0, 0.05) is 3.57 Å². The number of hydrogen-bond acceptors (Lipinski definition) is 2. The maximum absolute atomic E-state index is 12.3. The van der Waals surface area contributed by atoms with Crippen LogP contribution in [0.25, 0.3) is 0 Å². The largest absolute Gasteiger partial charge is 0.497 e. The Hall–Kier alpha value is -0.990. The van der Waals surface area contributed by atoms with Crippen LogP contribution in [0.15, 0.2) is 18.2 Å². The summed E-state index contributed by atoms with van der Waals surface area (Å²) in [4.78, 5) is 11.0. The Morgan fingerprint density at radius 2 is 2.11 bits per heavy atom. The number of benzene rings is 1. The molecule has 1 aromatic rings. The molecule has 3 nitrogen and oxygen atoms in total.